The van der Waals surface area contributed by atoms with Gasteiger partial charge in [0.25, 0.3) is 0 Å². The molecule has 1 heterocycles. The third-order valence-corrected chi connectivity index (χ3v) is 3.87. The van der Waals surface area contributed by atoms with Crippen molar-refractivity contribution in [2.45, 2.75) is 32.3 Å². The van der Waals surface area contributed by atoms with E-state index in [2.05, 4.69) is 48.7 Å². The second-order valence-corrected chi connectivity index (χ2v) is 5.70. The van der Waals surface area contributed by atoms with Crippen molar-refractivity contribution in [2.75, 3.05) is 19.7 Å². The Bertz CT molecular complexity index is 531. The Morgan fingerprint density at radius 2 is 1.86 bits per heavy atom. The number of hydrogen-bond donors (Lipinski definition) is 1. The molecule has 1 aromatic carbocycles. The van der Waals surface area contributed by atoms with Crippen LogP contribution in [0, 0.1) is 6.92 Å². The SMILES string of the molecule is Cc1ccc(CCNCC2COC3=CCCC=C3O2)cc1. The Balaban J connectivity index is 1.39. The highest BCUT2D eigenvalue weighted by Crippen LogP contribution is 2.26. The summed E-state index contributed by atoms with van der Waals surface area (Å²) < 4.78 is 11.7. The Morgan fingerprint density at radius 3 is 2.67 bits per heavy atom. The highest BCUT2D eigenvalue weighted by molar-refractivity contribution is 5.25. The van der Waals surface area contributed by atoms with Crippen LogP contribution in [0.4, 0.5) is 0 Å². The zero-order valence-electron chi connectivity index (χ0n) is 12.6. The molecular formula is C18H23NO2. The molecule has 3 nitrogen and oxygen atoms in total. The number of aryl methyl sites for hydroxylation is 1. The Morgan fingerprint density at radius 1 is 1.10 bits per heavy atom. The summed E-state index contributed by atoms with van der Waals surface area (Å²) in [6.07, 6.45) is 7.52. The number of rotatable bonds is 5. The van der Waals surface area contributed by atoms with E-state index in [0.29, 0.717) is 6.61 Å². The van der Waals surface area contributed by atoms with E-state index in [1.165, 1.54) is 11.1 Å². The van der Waals surface area contributed by atoms with Gasteiger partial charge in [0.05, 0.1) is 0 Å². The lowest BCUT2D eigenvalue weighted by atomic mass is 10.1. The summed E-state index contributed by atoms with van der Waals surface area (Å²) in [6, 6.07) is 8.72. The van der Waals surface area contributed by atoms with Gasteiger partial charge >= 0.3 is 0 Å². The maximum Gasteiger partial charge on any atom is 0.157 e. The van der Waals surface area contributed by atoms with Gasteiger partial charge in [0.1, 0.15) is 12.7 Å². The maximum atomic E-state index is 5.96. The fourth-order valence-corrected chi connectivity index (χ4v) is 2.61. The molecule has 0 bridgehead atoms. The van der Waals surface area contributed by atoms with Crippen LogP contribution in [-0.2, 0) is 15.9 Å². The Kier molecular flexibility index (Phi) is 4.61. The van der Waals surface area contributed by atoms with Gasteiger partial charge in [-0.15, -0.1) is 0 Å². The van der Waals surface area contributed by atoms with E-state index in [4.69, 9.17) is 9.47 Å². The molecule has 0 aromatic heterocycles. The molecule has 1 aromatic rings. The molecule has 1 atom stereocenters. The van der Waals surface area contributed by atoms with E-state index in [1.54, 1.807) is 0 Å². The fourth-order valence-electron chi connectivity index (χ4n) is 2.61. The molecule has 3 heteroatoms. The van der Waals surface area contributed by atoms with Gasteiger partial charge in [0, 0.05) is 6.54 Å². The summed E-state index contributed by atoms with van der Waals surface area (Å²) in [5, 5.41) is 3.46. The topological polar surface area (TPSA) is 30.5 Å². The number of hydrogen-bond acceptors (Lipinski definition) is 3. The average Bonchev–Trinajstić information content (AvgIpc) is 2.53. The van der Waals surface area contributed by atoms with Gasteiger partial charge in [0.15, 0.2) is 11.5 Å². The Hall–Kier alpha value is -1.74. The lowest BCUT2D eigenvalue weighted by Crippen LogP contribution is -2.37. The first-order chi connectivity index (χ1) is 10.3. The molecule has 112 valence electrons. The second-order valence-electron chi connectivity index (χ2n) is 5.70. The molecule has 1 aliphatic carbocycles. The minimum Gasteiger partial charge on any atom is -0.486 e. The van der Waals surface area contributed by atoms with Crippen molar-refractivity contribution in [3.8, 4) is 0 Å². The van der Waals surface area contributed by atoms with Gasteiger partial charge in [-0.1, -0.05) is 29.8 Å². The minimum absolute atomic E-state index is 0.115. The lowest BCUT2D eigenvalue weighted by molar-refractivity contribution is -0.00775. The van der Waals surface area contributed by atoms with Crippen LogP contribution in [0.3, 0.4) is 0 Å². The van der Waals surface area contributed by atoms with Crippen molar-refractivity contribution in [3.05, 3.63) is 59.1 Å². The predicted octanol–water partition coefficient (Wildman–Crippen LogP) is 3.10. The Labute approximate surface area is 126 Å². The highest BCUT2D eigenvalue weighted by Gasteiger charge is 2.23. The van der Waals surface area contributed by atoms with Crippen LogP contribution in [0.15, 0.2) is 47.9 Å². The molecule has 0 amide bonds. The van der Waals surface area contributed by atoms with Crippen LogP contribution in [0.2, 0.25) is 0 Å². The molecule has 21 heavy (non-hydrogen) atoms. The van der Waals surface area contributed by atoms with Crippen LogP contribution in [0.1, 0.15) is 24.0 Å². The van der Waals surface area contributed by atoms with Crippen molar-refractivity contribution in [2.24, 2.45) is 0 Å². The fraction of sp³-hybridized carbons (Fsp3) is 0.444. The molecule has 1 saturated heterocycles. The molecule has 1 unspecified atom stereocenters. The van der Waals surface area contributed by atoms with E-state index in [0.717, 1.165) is 43.9 Å². The van der Waals surface area contributed by atoms with Gasteiger partial charge in [-0.3, -0.25) is 0 Å². The smallest absolute Gasteiger partial charge is 0.157 e. The first-order valence-corrected chi connectivity index (χ1v) is 7.77. The molecule has 2 aliphatic rings. The summed E-state index contributed by atoms with van der Waals surface area (Å²) in [5.74, 6) is 1.86. The van der Waals surface area contributed by atoms with E-state index in [9.17, 15) is 0 Å². The van der Waals surface area contributed by atoms with Gasteiger partial charge < -0.3 is 14.8 Å². The van der Waals surface area contributed by atoms with Crippen molar-refractivity contribution in [1.29, 1.82) is 0 Å². The molecule has 0 radical (unpaired) electrons. The highest BCUT2D eigenvalue weighted by atomic mass is 16.6. The maximum absolute atomic E-state index is 5.96. The van der Waals surface area contributed by atoms with Crippen LogP contribution in [-0.4, -0.2) is 25.8 Å². The van der Waals surface area contributed by atoms with Crippen molar-refractivity contribution >= 4 is 0 Å². The summed E-state index contributed by atoms with van der Waals surface area (Å²) >= 11 is 0. The molecule has 0 spiro atoms. The number of fused-ring (bicyclic) bond motifs is 1. The number of allylic oxidation sites excluding steroid dienone is 2. The van der Waals surface area contributed by atoms with E-state index in [1.807, 2.05) is 0 Å². The molecule has 1 N–H and O–H groups in total. The average molecular weight is 285 g/mol. The zero-order valence-corrected chi connectivity index (χ0v) is 12.6. The van der Waals surface area contributed by atoms with Gasteiger partial charge in [-0.25, -0.2) is 0 Å². The first kappa shape index (κ1) is 14.2. The van der Waals surface area contributed by atoms with E-state index >= 15 is 0 Å². The predicted molar refractivity (Wildman–Crippen MR) is 84.0 cm³/mol. The summed E-state index contributed by atoms with van der Waals surface area (Å²) in [5.41, 5.74) is 2.68. The molecule has 1 aliphatic heterocycles. The van der Waals surface area contributed by atoms with Gasteiger partial charge in [-0.05, 0) is 50.4 Å². The number of nitrogens with one attached hydrogen (secondary N) is 1. The van der Waals surface area contributed by atoms with Gasteiger partial charge in [0.2, 0.25) is 0 Å². The van der Waals surface area contributed by atoms with E-state index < -0.39 is 0 Å². The molecule has 3 rings (SSSR count). The summed E-state index contributed by atoms with van der Waals surface area (Å²) in [6.45, 7) is 4.55. The van der Waals surface area contributed by atoms with Crippen LogP contribution in [0.25, 0.3) is 0 Å². The van der Waals surface area contributed by atoms with Crippen LogP contribution in [0.5, 0.6) is 0 Å². The third kappa shape index (κ3) is 3.88. The van der Waals surface area contributed by atoms with Crippen LogP contribution >= 0.6 is 0 Å². The quantitative estimate of drug-likeness (QED) is 0.843. The summed E-state index contributed by atoms with van der Waals surface area (Å²) in [7, 11) is 0. The number of benzene rings is 1. The molecule has 1 fully saturated rings. The third-order valence-electron chi connectivity index (χ3n) is 3.87. The number of ether oxygens (including phenoxy) is 2. The zero-order chi connectivity index (χ0) is 14.5. The van der Waals surface area contributed by atoms with Crippen molar-refractivity contribution in [1.82, 2.24) is 5.32 Å². The standard InChI is InChI=1S/C18H23NO2/c1-14-6-8-15(9-7-14)10-11-19-12-16-13-20-17-4-2-3-5-18(17)21-16/h4-9,16,19H,2-3,10-13H2,1H3. The molecule has 0 saturated carbocycles. The van der Waals surface area contributed by atoms with Crippen LogP contribution < -0.4 is 5.32 Å². The van der Waals surface area contributed by atoms with Crippen molar-refractivity contribution in [3.63, 3.8) is 0 Å². The normalized spacial score (nSPS) is 20.7. The first-order valence-electron chi connectivity index (χ1n) is 7.77. The largest absolute Gasteiger partial charge is 0.486 e. The monoisotopic (exact) mass is 285 g/mol. The lowest BCUT2D eigenvalue weighted by Gasteiger charge is -2.30. The summed E-state index contributed by atoms with van der Waals surface area (Å²) in [4.78, 5) is 0. The van der Waals surface area contributed by atoms with Crippen molar-refractivity contribution < 1.29 is 9.47 Å². The molecular weight excluding hydrogens is 262 g/mol. The minimum atomic E-state index is 0.115. The second kappa shape index (κ2) is 6.81. The van der Waals surface area contributed by atoms with Gasteiger partial charge in [-0.2, -0.15) is 0 Å². The van der Waals surface area contributed by atoms with E-state index in [-0.39, 0.29) is 6.10 Å².